The molecule has 0 atom stereocenters. The maximum absolute atomic E-state index is 5.29. The molecule has 0 aliphatic heterocycles. The quantitative estimate of drug-likeness (QED) is 0.130. The van der Waals surface area contributed by atoms with Crippen LogP contribution in [0.25, 0.3) is 0 Å². The van der Waals surface area contributed by atoms with Gasteiger partial charge in [-0.15, -0.1) is 0 Å². The summed E-state index contributed by atoms with van der Waals surface area (Å²) < 4.78 is 21.2. The lowest BCUT2D eigenvalue weighted by atomic mass is 10.1. The van der Waals surface area contributed by atoms with Crippen LogP contribution in [0.3, 0.4) is 0 Å². The molecule has 0 aliphatic carbocycles. The van der Waals surface area contributed by atoms with Crippen molar-refractivity contribution in [3.63, 3.8) is 0 Å². The van der Waals surface area contributed by atoms with Crippen LogP contribution in [0.5, 0.6) is 23.0 Å². The molecule has 0 radical (unpaired) electrons. The third-order valence-corrected chi connectivity index (χ3v) is 12.9. The van der Waals surface area contributed by atoms with E-state index >= 15 is 0 Å². The average molecular weight is 953 g/mol. The second kappa shape index (κ2) is 24.8. The zero-order chi connectivity index (χ0) is 50.5. The van der Waals surface area contributed by atoms with Gasteiger partial charge in [0.25, 0.3) is 0 Å². The van der Waals surface area contributed by atoms with Crippen LogP contribution in [-0.2, 0) is 0 Å². The highest BCUT2D eigenvalue weighted by atomic mass is 28.3. The molecule has 0 heterocycles. The maximum atomic E-state index is 5.29. The Hall–Kier alpha value is -10.3. The molecular weight excluding hydrogens is 909 g/mol. The largest absolute Gasteiger partial charge is 0.497 e. The Morgan fingerprint density at radius 1 is 0.192 bits per heavy atom. The Morgan fingerprint density at radius 2 is 0.315 bits per heavy atom. The van der Waals surface area contributed by atoms with Crippen LogP contribution >= 0.6 is 0 Å². The summed E-state index contributed by atoms with van der Waals surface area (Å²) in [6.45, 7) is 0. The van der Waals surface area contributed by atoms with Crippen molar-refractivity contribution in [3.8, 4) is 116 Å². The van der Waals surface area contributed by atoms with Crippen LogP contribution in [0.4, 0.5) is 0 Å². The van der Waals surface area contributed by atoms with E-state index in [4.69, 9.17) is 18.9 Å². The maximum Gasteiger partial charge on any atom is 0.370 e. The van der Waals surface area contributed by atoms with Crippen molar-refractivity contribution in [2.24, 2.45) is 0 Å². The van der Waals surface area contributed by atoms with E-state index in [1.54, 1.807) is 28.4 Å². The van der Waals surface area contributed by atoms with Crippen LogP contribution < -0.4 is 18.9 Å². The summed E-state index contributed by atoms with van der Waals surface area (Å²) in [6.07, 6.45) is 0. The Balaban J connectivity index is 1.16. The van der Waals surface area contributed by atoms with Gasteiger partial charge in [0.2, 0.25) is 0 Å². The Morgan fingerprint density at radius 3 is 0.452 bits per heavy atom. The van der Waals surface area contributed by atoms with E-state index in [0.29, 0.717) is 0 Å². The first kappa shape index (κ1) is 49.1. The second-order valence-corrected chi connectivity index (χ2v) is 18.5. The van der Waals surface area contributed by atoms with Gasteiger partial charge in [-0.3, -0.25) is 0 Å². The van der Waals surface area contributed by atoms with Crippen molar-refractivity contribution in [1.82, 2.24) is 0 Å². The molecule has 0 bridgehead atoms. The van der Waals surface area contributed by atoms with Gasteiger partial charge in [0.15, 0.2) is 0 Å². The van der Waals surface area contributed by atoms with E-state index in [-0.39, 0.29) is 0 Å². The van der Waals surface area contributed by atoms with Gasteiger partial charge in [-0.1, -0.05) is 93.2 Å². The van der Waals surface area contributed by atoms with E-state index in [2.05, 4.69) is 93.2 Å². The summed E-state index contributed by atoms with van der Waals surface area (Å²) >= 11 is 0. The van der Waals surface area contributed by atoms with Gasteiger partial charge in [-0.2, -0.15) is 0 Å². The fourth-order valence-corrected chi connectivity index (χ4v) is 8.38. The van der Waals surface area contributed by atoms with Crippen molar-refractivity contribution in [3.05, 3.63) is 261 Å². The van der Waals surface area contributed by atoms with E-state index in [9.17, 15) is 0 Å². The molecule has 0 saturated heterocycles. The third-order valence-electron chi connectivity index (χ3n) is 10.9. The normalized spacial score (nSPS) is 9.59. The van der Waals surface area contributed by atoms with Crippen LogP contribution in [-0.4, -0.2) is 36.5 Å². The fourth-order valence-electron chi connectivity index (χ4n) is 6.67. The first-order valence-electron chi connectivity index (χ1n) is 23.0. The Kier molecular flexibility index (Phi) is 16.7. The average Bonchev–Trinajstić information content (AvgIpc) is 3.46. The van der Waals surface area contributed by atoms with Gasteiger partial charge in [0, 0.05) is 66.8 Å². The van der Waals surface area contributed by atoms with Gasteiger partial charge >= 0.3 is 8.07 Å². The minimum atomic E-state index is -3.45. The zero-order valence-corrected chi connectivity index (χ0v) is 41.6. The SMILES string of the molecule is COc1ccc(C#Cc2ccc(C#C[Si](C#Cc3ccc(C#Cc4ccc(OC)cc4)cc3)(C#Cc3ccc(C#Cc4ccc(OC)cc4)cc3)C#Cc3ccc(C#Cc4ccc(OC)cc4)cc3)cc2)cc1. The number of hydrogen-bond acceptors (Lipinski definition) is 4. The third kappa shape index (κ3) is 14.8. The van der Waals surface area contributed by atoms with Gasteiger partial charge in [0.1, 0.15) is 23.0 Å². The number of rotatable bonds is 4. The molecule has 8 aromatic rings. The summed E-state index contributed by atoms with van der Waals surface area (Å²) in [4.78, 5) is 0. The van der Waals surface area contributed by atoms with Crippen LogP contribution in [0.1, 0.15) is 66.8 Å². The minimum Gasteiger partial charge on any atom is -0.497 e. The topological polar surface area (TPSA) is 36.9 Å². The van der Waals surface area contributed by atoms with E-state index in [1.807, 2.05) is 194 Å². The van der Waals surface area contributed by atoms with Crippen LogP contribution in [0.15, 0.2) is 194 Å². The highest BCUT2D eigenvalue weighted by Crippen LogP contribution is 2.15. The van der Waals surface area contributed by atoms with E-state index in [0.717, 1.165) is 89.8 Å². The first-order valence-corrected chi connectivity index (χ1v) is 25.0. The number of ether oxygens (including phenoxy) is 4. The van der Waals surface area contributed by atoms with Crippen molar-refractivity contribution < 1.29 is 18.9 Å². The predicted octanol–water partition coefficient (Wildman–Crippen LogP) is 11.4. The lowest BCUT2D eigenvalue weighted by Gasteiger charge is -2.05. The van der Waals surface area contributed by atoms with Gasteiger partial charge in [0.05, 0.1) is 28.4 Å². The lowest BCUT2D eigenvalue weighted by molar-refractivity contribution is 0.414. The predicted molar refractivity (Wildman–Crippen MR) is 295 cm³/mol. The van der Waals surface area contributed by atoms with E-state index in [1.165, 1.54) is 0 Å². The number of benzene rings is 8. The molecule has 5 heteroatoms. The van der Waals surface area contributed by atoms with E-state index < -0.39 is 8.07 Å². The van der Waals surface area contributed by atoms with Crippen molar-refractivity contribution in [2.75, 3.05) is 28.4 Å². The van der Waals surface area contributed by atoms with Gasteiger partial charge in [-0.05, 0) is 194 Å². The summed E-state index contributed by atoms with van der Waals surface area (Å²) in [5, 5.41) is 0. The van der Waals surface area contributed by atoms with Crippen LogP contribution in [0, 0.1) is 93.2 Å². The molecule has 0 N–H and O–H groups in total. The second-order valence-electron chi connectivity index (χ2n) is 16.0. The molecule has 0 aliphatic rings. The molecular formula is C68H44O4Si. The fraction of sp³-hybridized carbons (Fsp3) is 0.0588. The molecule has 0 amide bonds. The van der Waals surface area contributed by atoms with Crippen molar-refractivity contribution >= 4 is 8.07 Å². The summed E-state index contributed by atoms with van der Waals surface area (Å²) in [7, 11) is 3.14. The Labute approximate surface area is 430 Å². The molecule has 8 rings (SSSR count). The molecule has 0 aromatic heterocycles. The standard InChI is InChI=1S/C68H44O4Si/c1-69-65-37-29-57(30-38-65)9-5-53-13-21-61(22-14-53)45-49-73(50-46-62-23-15-54(16-24-62)6-10-58-31-39-66(70-2)40-32-58,51-47-63-25-17-55(18-26-63)7-11-59-33-41-67(71-3)42-34-59)52-48-64-27-19-56(20-28-64)8-12-60-35-43-68(72-4)44-36-60/h13-44H,1-4H3. The summed E-state index contributed by atoms with van der Waals surface area (Å²) in [5.41, 5.74) is 24.3. The molecule has 4 nitrogen and oxygen atoms in total. The smallest absolute Gasteiger partial charge is 0.370 e. The van der Waals surface area contributed by atoms with Gasteiger partial charge < -0.3 is 18.9 Å². The molecule has 0 saturated carbocycles. The highest BCUT2D eigenvalue weighted by molar-refractivity contribution is 7.06. The highest BCUT2D eigenvalue weighted by Gasteiger charge is 2.26. The molecule has 344 valence electrons. The summed E-state index contributed by atoms with van der Waals surface area (Å²) in [6, 6.07) is 62.0. The van der Waals surface area contributed by atoms with Crippen molar-refractivity contribution in [1.29, 1.82) is 0 Å². The Bertz CT molecular complexity index is 3230. The molecule has 0 spiro atoms. The lowest BCUT2D eigenvalue weighted by Crippen LogP contribution is -2.29. The molecule has 8 aromatic carbocycles. The molecule has 0 fully saturated rings. The van der Waals surface area contributed by atoms with Gasteiger partial charge in [-0.25, -0.2) is 0 Å². The zero-order valence-electron chi connectivity index (χ0n) is 40.6. The molecule has 0 unspecified atom stereocenters. The summed E-state index contributed by atoms with van der Waals surface area (Å²) in [5.74, 6) is 42.7. The number of hydrogen-bond donors (Lipinski definition) is 0. The minimum absolute atomic E-state index is 0.783. The molecule has 73 heavy (non-hydrogen) atoms. The monoisotopic (exact) mass is 952 g/mol. The van der Waals surface area contributed by atoms with Crippen molar-refractivity contribution in [2.45, 2.75) is 0 Å². The van der Waals surface area contributed by atoms with Crippen LogP contribution in [0.2, 0.25) is 0 Å². The number of methoxy groups -OCH3 is 4. The first-order chi connectivity index (χ1) is 35.8.